The van der Waals surface area contributed by atoms with E-state index in [2.05, 4.69) is 5.32 Å². The third-order valence-electron chi connectivity index (χ3n) is 5.52. The molecular weight excluding hydrogens is 555 g/mol. The summed E-state index contributed by atoms with van der Waals surface area (Å²) in [7, 11) is -5.36. The SMILES string of the molecule is CC(O)(C(NC(=O)c1ccccc1O)c1ccc(S(=O)c2ccc(S(C)(=O)=O)cc2)cc1Cl)C(F)(F)F. The first-order valence-electron chi connectivity index (χ1n) is 10.4. The molecule has 0 spiro atoms. The first-order chi connectivity index (χ1) is 17.0. The van der Waals surface area contributed by atoms with Gasteiger partial charge in [-0.2, -0.15) is 13.2 Å². The van der Waals surface area contributed by atoms with Gasteiger partial charge in [-0.1, -0.05) is 29.8 Å². The molecule has 3 atom stereocenters. The normalized spacial score (nSPS) is 15.4. The molecule has 0 saturated heterocycles. The Bertz CT molecular complexity index is 1460. The molecule has 0 aliphatic carbocycles. The number of alkyl halides is 3. The summed E-state index contributed by atoms with van der Waals surface area (Å²) in [6, 6.07) is 11.7. The quantitative estimate of drug-likeness (QED) is 0.384. The minimum absolute atomic E-state index is 0.0130. The van der Waals surface area contributed by atoms with Crippen LogP contribution in [0.2, 0.25) is 5.02 Å². The molecular formula is C24H21ClF3NO6S2. The van der Waals surface area contributed by atoms with Crippen LogP contribution < -0.4 is 5.32 Å². The van der Waals surface area contributed by atoms with Gasteiger partial charge in [-0.05, 0) is 61.0 Å². The Morgan fingerprint density at radius 2 is 1.59 bits per heavy atom. The summed E-state index contributed by atoms with van der Waals surface area (Å²) >= 11 is 6.26. The molecule has 1 amide bonds. The van der Waals surface area contributed by atoms with Crippen molar-refractivity contribution in [2.24, 2.45) is 0 Å². The monoisotopic (exact) mass is 575 g/mol. The summed E-state index contributed by atoms with van der Waals surface area (Å²) in [5, 5.41) is 22.1. The fraction of sp³-hybridized carbons (Fsp3) is 0.208. The molecule has 0 aromatic heterocycles. The summed E-state index contributed by atoms with van der Waals surface area (Å²) in [6.45, 7) is 0.467. The molecule has 0 heterocycles. The number of hydrogen-bond acceptors (Lipinski definition) is 6. The third kappa shape index (κ3) is 6.15. The molecule has 0 bridgehead atoms. The number of nitrogens with one attached hydrogen (secondary N) is 1. The number of carbonyl (C=O) groups excluding carboxylic acids is 1. The van der Waals surface area contributed by atoms with Crippen molar-refractivity contribution in [1.29, 1.82) is 0 Å². The van der Waals surface area contributed by atoms with Crippen LogP contribution in [0.1, 0.15) is 28.9 Å². The average Bonchev–Trinajstić information content (AvgIpc) is 2.81. The van der Waals surface area contributed by atoms with Gasteiger partial charge < -0.3 is 15.5 Å². The zero-order valence-electron chi connectivity index (χ0n) is 19.3. The van der Waals surface area contributed by atoms with Crippen molar-refractivity contribution in [3.05, 3.63) is 82.9 Å². The molecule has 3 aromatic rings. The van der Waals surface area contributed by atoms with Gasteiger partial charge in [-0.25, -0.2) is 12.6 Å². The molecule has 0 saturated carbocycles. The van der Waals surface area contributed by atoms with Gasteiger partial charge in [0.2, 0.25) is 0 Å². The second-order valence-electron chi connectivity index (χ2n) is 8.26. The lowest BCUT2D eigenvalue weighted by atomic mass is 9.89. The van der Waals surface area contributed by atoms with Crippen molar-refractivity contribution in [3.63, 3.8) is 0 Å². The van der Waals surface area contributed by atoms with Crippen molar-refractivity contribution in [2.45, 2.75) is 39.4 Å². The van der Waals surface area contributed by atoms with Gasteiger partial charge in [0.05, 0.1) is 27.3 Å². The van der Waals surface area contributed by atoms with E-state index >= 15 is 0 Å². The molecule has 3 N–H and O–H groups in total. The molecule has 0 aliphatic heterocycles. The van der Waals surface area contributed by atoms with Crippen LogP contribution in [0.3, 0.4) is 0 Å². The summed E-state index contributed by atoms with van der Waals surface area (Å²) in [4.78, 5) is 13.0. The maximum atomic E-state index is 13.8. The number of amides is 1. The second-order valence-corrected chi connectivity index (χ2v) is 12.2. The van der Waals surface area contributed by atoms with E-state index in [0.29, 0.717) is 6.92 Å². The number of aromatic hydroxyl groups is 1. The van der Waals surface area contributed by atoms with E-state index in [9.17, 15) is 40.8 Å². The maximum Gasteiger partial charge on any atom is 0.419 e. The van der Waals surface area contributed by atoms with Crippen LogP contribution in [-0.2, 0) is 20.6 Å². The van der Waals surface area contributed by atoms with Gasteiger partial charge in [-0.15, -0.1) is 0 Å². The van der Waals surface area contributed by atoms with Gasteiger partial charge in [0, 0.05) is 21.1 Å². The summed E-state index contributed by atoms with van der Waals surface area (Å²) in [6.07, 6.45) is -4.18. The van der Waals surface area contributed by atoms with Gasteiger partial charge >= 0.3 is 6.18 Å². The molecule has 7 nitrogen and oxygen atoms in total. The number of halogens is 4. The number of phenols is 1. The van der Waals surface area contributed by atoms with Crippen molar-refractivity contribution in [2.75, 3.05) is 6.26 Å². The van der Waals surface area contributed by atoms with Crippen LogP contribution in [0.4, 0.5) is 13.2 Å². The van der Waals surface area contributed by atoms with Gasteiger partial charge in [-0.3, -0.25) is 4.79 Å². The first kappa shape index (κ1) is 28.6. The van der Waals surface area contributed by atoms with E-state index in [1.807, 2.05) is 0 Å². The highest BCUT2D eigenvalue weighted by Gasteiger charge is 2.56. The molecule has 3 rings (SSSR count). The highest BCUT2D eigenvalue weighted by atomic mass is 35.5. The van der Waals surface area contributed by atoms with Crippen molar-refractivity contribution < 1.29 is 40.8 Å². The molecule has 0 aliphatic rings. The number of hydrogen-bond donors (Lipinski definition) is 3. The minimum Gasteiger partial charge on any atom is -0.507 e. The highest BCUT2D eigenvalue weighted by molar-refractivity contribution is 7.90. The standard InChI is InChI=1S/C24H21ClF3NO6S2/c1-23(32,24(26,27)28)21(29-22(31)18-5-3-4-6-20(18)30)17-12-9-15(13-19(17)25)36(33)14-7-10-16(11-8-14)37(2,34)35/h3-13,21,30,32H,1-2H3,(H,29,31). The fourth-order valence-electron chi connectivity index (χ4n) is 3.36. The Balaban J connectivity index is 2.00. The number of benzene rings is 3. The lowest BCUT2D eigenvalue weighted by molar-refractivity contribution is -0.263. The predicted octanol–water partition coefficient (Wildman–Crippen LogP) is 4.40. The predicted molar refractivity (Wildman–Crippen MR) is 131 cm³/mol. The number of carbonyl (C=O) groups is 1. The van der Waals surface area contributed by atoms with Crippen molar-refractivity contribution in [1.82, 2.24) is 5.32 Å². The molecule has 3 unspecified atom stereocenters. The number of rotatable bonds is 7. The zero-order valence-corrected chi connectivity index (χ0v) is 21.7. The Morgan fingerprint density at radius 3 is 2.11 bits per heavy atom. The maximum absolute atomic E-state index is 13.8. The van der Waals surface area contributed by atoms with Crippen LogP contribution >= 0.6 is 11.6 Å². The molecule has 3 aromatic carbocycles. The van der Waals surface area contributed by atoms with E-state index in [0.717, 1.165) is 18.4 Å². The smallest absolute Gasteiger partial charge is 0.419 e. The topological polar surface area (TPSA) is 121 Å². The van der Waals surface area contributed by atoms with Crippen LogP contribution in [0.5, 0.6) is 5.75 Å². The van der Waals surface area contributed by atoms with Crippen LogP contribution in [0.15, 0.2) is 81.4 Å². The zero-order chi connectivity index (χ0) is 27.8. The molecule has 0 fully saturated rings. The lowest BCUT2D eigenvalue weighted by Gasteiger charge is -2.36. The average molecular weight is 576 g/mol. The van der Waals surface area contributed by atoms with Crippen LogP contribution in [-0.4, -0.2) is 46.8 Å². The Hall–Kier alpha value is -2.93. The molecule has 13 heteroatoms. The summed E-state index contributed by atoms with van der Waals surface area (Å²) in [5.74, 6) is -1.58. The largest absolute Gasteiger partial charge is 0.507 e. The number of phenolic OH excluding ortho intramolecular Hbond substituents is 1. The van der Waals surface area contributed by atoms with Gasteiger partial charge in [0.15, 0.2) is 15.4 Å². The van der Waals surface area contributed by atoms with E-state index < -0.39 is 50.1 Å². The molecule has 198 valence electrons. The van der Waals surface area contributed by atoms with E-state index in [-0.39, 0.29) is 30.8 Å². The second kappa shape index (κ2) is 10.4. The Morgan fingerprint density at radius 1 is 1.03 bits per heavy atom. The van der Waals surface area contributed by atoms with E-state index in [1.165, 1.54) is 54.6 Å². The Labute approximate surface area is 218 Å². The number of sulfone groups is 1. The van der Waals surface area contributed by atoms with Gasteiger partial charge in [0.25, 0.3) is 5.91 Å². The fourth-order valence-corrected chi connectivity index (χ4v) is 5.42. The van der Waals surface area contributed by atoms with Crippen molar-refractivity contribution in [3.8, 4) is 5.75 Å². The molecule has 37 heavy (non-hydrogen) atoms. The van der Waals surface area contributed by atoms with E-state index in [4.69, 9.17) is 11.6 Å². The van der Waals surface area contributed by atoms with Crippen LogP contribution in [0, 0.1) is 0 Å². The summed E-state index contributed by atoms with van der Waals surface area (Å²) in [5.41, 5.74) is -4.13. The number of para-hydroxylation sites is 1. The third-order valence-corrected chi connectivity index (χ3v) is 8.36. The number of aliphatic hydroxyl groups is 1. The highest BCUT2D eigenvalue weighted by Crippen LogP contribution is 2.42. The van der Waals surface area contributed by atoms with Crippen LogP contribution in [0.25, 0.3) is 0 Å². The first-order valence-corrected chi connectivity index (χ1v) is 13.8. The van der Waals surface area contributed by atoms with Gasteiger partial charge in [0.1, 0.15) is 5.75 Å². The summed E-state index contributed by atoms with van der Waals surface area (Å²) < 4.78 is 77.6. The molecule has 0 radical (unpaired) electrons. The van der Waals surface area contributed by atoms with Crippen molar-refractivity contribution >= 4 is 38.1 Å². The lowest BCUT2D eigenvalue weighted by Crippen LogP contribution is -2.53. The van der Waals surface area contributed by atoms with E-state index in [1.54, 1.807) is 0 Å². The Kier molecular flexibility index (Phi) is 8.08. The minimum atomic E-state index is -5.20.